The molecule has 29 heavy (non-hydrogen) atoms. The third kappa shape index (κ3) is 4.49. The van der Waals surface area contributed by atoms with Gasteiger partial charge in [0, 0.05) is 36.6 Å². The topological polar surface area (TPSA) is 119 Å². The van der Waals surface area contributed by atoms with Crippen molar-refractivity contribution in [3.05, 3.63) is 41.5 Å². The largest absolute Gasteiger partial charge is 0.491 e. The van der Waals surface area contributed by atoms with Crippen molar-refractivity contribution in [2.45, 2.75) is 44.6 Å². The Labute approximate surface area is 170 Å². The SMILES string of the molecule is CN1CCCC1CCOc1ccncc1NC(=O)c1c[nH]c2c1C(=O)CCC2.O. The van der Waals surface area contributed by atoms with Gasteiger partial charge in [-0.15, -0.1) is 0 Å². The van der Waals surface area contributed by atoms with Gasteiger partial charge in [-0.2, -0.15) is 0 Å². The summed E-state index contributed by atoms with van der Waals surface area (Å²) in [7, 11) is 2.15. The number of nitrogens with zero attached hydrogens (tertiary/aromatic N) is 2. The molecule has 0 aromatic carbocycles. The second kappa shape index (κ2) is 9.19. The van der Waals surface area contributed by atoms with E-state index in [2.05, 4.69) is 27.2 Å². The molecular formula is C21H28N4O4. The van der Waals surface area contributed by atoms with E-state index >= 15 is 0 Å². The molecule has 1 saturated heterocycles. The van der Waals surface area contributed by atoms with Crippen molar-refractivity contribution < 1.29 is 19.8 Å². The van der Waals surface area contributed by atoms with E-state index < -0.39 is 0 Å². The number of hydrogen-bond donors (Lipinski definition) is 2. The number of amides is 1. The number of Topliss-reactive ketones (excluding diaryl/α,β-unsaturated/α-hetero) is 1. The molecule has 1 aliphatic carbocycles. The van der Waals surface area contributed by atoms with Crippen LogP contribution in [0, 0.1) is 0 Å². The van der Waals surface area contributed by atoms with Crippen molar-refractivity contribution in [2.24, 2.45) is 0 Å². The monoisotopic (exact) mass is 400 g/mol. The zero-order valence-electron chi connectivity index (χ0n) is 16.7. The Bertz CT molecular complexity index is 879. The van der Waals surface area contributed by atoms with E-state index in [-0.39, 0.29) is 17.2 Å². The van der Waals surface area contributed by atoms with Gasteiger partial charge in [0.2, 0.25) is 0 Å². The van der Waals surface area contributed by atoms with Gasteiger partial charge in [-0.3, -0.25) is 14.6 Å². The first-order chi connectivity index (χ1) is 13.6. The third-order valence-electron chi connectivity index (χ3n) is 5.73. The molecule has 2 aliphatic rings. The van der Waals surface area contributed by atoms with Crippen LogP contribution in [-0.2, 0) is 6.42 Å². The van der Waals surface area contributed by atoms with Crippen molar-refractivity contribution in [2.75, 3.05) is 25.5 Å². The lowest BCUT2D eigenvalue weighted by Gasteiger charge is -2.20. The zero-order chi connectivity index (χ0) is 19.5. The molecule has 4 N–H and O–H groups in total. The van der Waals surface area contributed by atoms with Gasteiger partial charge in [0.15, 0.2) is 5.78 Å². The molecular weight excluding hydrogens is 372 g/mol. The van der Waals surface area contributed by atoms with Gasteiger partial charge in [-0.05, 0) is 45.7 Å². The number of aromatic amines is 1. The molecule has 0 saturated carbocycles. The van der Waals surface area contributed by atoms with Crippen LogP contribution in [0.15, 0.2) is 24.7 Å². The lowest BCUT2D eigenvalue weighted by Crippen LogP contribution is -2.26. The van der Waals surface area contributed by atoms with Gasteiger partial charge in [-0.25, -0.2) is 0 Å². The van der Waals surface area contributed by atoms with Gasteiger partial charge in [0.25, 0.3) is 5.91 Å². The van der Waals surface area contributed by atoms with Gasteiger partial charge in [0.1, 0.15) is 11.4 Å². The molecule has 4 rings (SSSR count). The van der Waals surface area contributed by atoms with Crippen LogP contribution in [0.3, 0.4) is 0 Å². The van der Waals surface area contributed by atoms with Crippen molar-refractivity contribution >= 4 is 17.4 Å². The molecule has 8 nitrogen and oxygen atoms in total. The Balaban J connectivity index is 0.00000240. The summed E-state index contributed by atoms with van der Waals surface area (Å²) < 4.78 is 5.94. The Kier molecular flexibility index (Phi) is 6.66. The first kappa shape index (κ1) is 21.0. The zero-order valence-corrected chi connectivity index (χ0v) is 16.7. The summed E-state index contributed by atoms with van der Waals surface area (Å²) in [4.78, 5) is 34.6. The number of anilines is 1. The number of carbonyl (C=O) groups is 2. The summed E-state index contributed by atoms with van der Waals surface area (Å²) in [6, 6.07) is 2.31. The number of hydrogen-bond acceptors (Lipinski definition) is 5. The molecule has 0 bridgehead atoms. The number of aryl methyl sites for hydroxylation is 1. The molecule has 1 fully saturated rings. The van der Waals surface area contributed by atoms with E-state index in [0.29, 0.717) is 41.6 Å². The van der Waals surface area contributed by atoms with Crippen molar-refractivity contribution in [3.8, 4) is 5.75 Å². The van der Waals surface area contributed by atoms with Crippen molar-refractivity contribution in [3.63, 3.8) is 0 Å². The molecule has 1 unspecified atom stereocenters. The summed E-state index contributed by atoms with van der Waals surface area (Å²) in [6.07, 6.45) is 10.3. The highest BCUT2D eigenvalue weighted by Gasteiger charge is 2.26. The Hall–Kier alpha value is -2.71. The Morgan fingerprint density at radius 2 is 2.24 bits per heavy atom. The molecule has 2 aromatic rings. The number of likely N-dealkylation sites (tertiary alicyclic amines) is 1. The van der Waals surface area contributed by atoms with Crippen molar-refractivity contribution in [1.82, 2.24) is 14.9 Å². The van der Waals surface area contributed by atoms with E-state index in [1.807, 2.05) is 0 Å². The standard InChI is InChI=1S/C21H26N4O3.H2O/c1-25-10-3-4-14(25)8-11-28-19-7-9-22-13-17(19)24-21(27)15-12-23-16-5-2-6-18(26)20(15)16;/h7,9,12-14,23H,2-6,8,10-11H2,1H3,(H,24,27);1H2. The van der Waals surface area contributed by atoms with Gasteiger partial charge in [0.05, 0.1) is 23.9 Å². The van der Waals surface area contributed by atoms with Crippen LogP contribution in [0.4, 0.5) is 5.69 Å². The number of pyridine rings is 1. The summed E-state index contributed by atoms with van der Waals surface area (Å²) in [5, 5.41) is 2.86. The molecule has 2 aromatic heterocycles. The van der Waals surface area contributed by atoms with Crippen molar-refractivity contribution in [1.29, 1.82) is 0 Å². The van der Waals surface area contributed by atoms with Crippen LogP contribution in [0.5, 0.6) is 5.75 Å². The second-order valence-electron chi connectivity index (χ2n) is 7.57. The first-order valence-corrected chi connectivity index (χ1v) is 9.95. The molecule has 0 radical (unpaired) electrons. The van der Waals surface area contributed by atoms with Crippen LogP contribution < -0.4 is 10.1 Å². The molecule has 0 spiro atoms. The van der Waals surface area contributed by atoms with Crippen LogP contribution in [0.1, 0.15) is 58.5 Å². The Morgan fingerprint density at radius 3 is 3.03 bits per heavy atom. The number of ketones is 1. The van der Waals surface area contributed by atoms with E-state index in [1.165, 1.54) is 12.8 Å². The van der Waals surface area contributed by atoms with Crippen LogP contribution in [0.25, 0.3) is 0 Å². The number of nitrogens with one attached hydrogen (secondary N) is 2. The highest BCUT2D eigenvalue weighted by molar-refractivity contribution is 6.13. The summed E-state index contributed by atoms with van der Waals surface area (Å²) in [6.45, 7) is 1.72. The minimum absolute atomic E-state index is 0. The molecule has 3 heterocycles. The van der Waals surface area contributed by atoms with Gasteiger partial charge >= 0.3 is 0 Å². The normalized spacial score (nSPS) is 18.8. The lowest BCUT2D eigenvalue weighted by molar-refractivity contribution is 0.0956. The molecule has 156 valence electrons. The summed E-state index contributed by atoms with van der Waals surface area (Å²) in [5.41, 5.74) is 2.29. The third-order valence-corrected chi connectivity index (χ3v) is 5.73. The number of fused-ring (bicyclic) bond motifs is 1. The van der Waals surface area contributed by atoms with Crippen LogP contribution >= 0.6 is 0 Å². The minimum Gasteiger partial charge on any atom is -0.491 e. The highest BCUT2D eigenvalue weighted by Crippen LogP contribution is 2.28. The smallest absolute Gasteiger partial charge is 0.258 e. The molecule has 8 heteroatoms. The predicted octanol–water partition coefficient (Wildman–Crippen LogP) is 2.22. The maximum Gasteiger partial charge on any atom is 0.258 e. The fraction of sp³-hybridized carbons (Fsp3) is 0.476. The predicted molar refractivity (Wildman–Crippen MR) is 110 cm³/mol. The quantitative estimate of drug-likeness (QED) is 0.771. The number of aromatic nitrogens is 2. The average Bonchev–Trinajstić information content (AvgIpc) is 3.30. The maximum atomic E-state index is 12.8. The summed E-state index contributed by atoms with van der Waals surface area (Å²) in [5.74, 6) is 0.303. The molecule has 1 atom stereocenters. The number of carbonyl (C=O) groups excluding carboxylic acids is 2. The number of H-pyrrole nitrogens is 1. The maximum absolute atomic E-state index is 12.8. The first-order valence-electron chi connectivity index (χ1n) is 9.95. The number of rotatable bonds is 6. The van der Waals surface area contributed by atoms with E-state index in [0.717, 1.165) is 31.5 Å². The van der Waals surface area contributed by atoms with Crippen LogP contribution in [-0.4, -0.2) is 58.3 Å². The second-order valence-corrected chi connectivity index (χ2v) is 7.57. The fourth-order valence-electron chi connectivity index (χ4n) is 4.15. The van der Waals surface area contributed by atoms with Crippen LogP contribution in [0.2, 0.25) is 0 Å². The van der Waals surface area contributed by atoms with E-state index in [9.17, 15) is 9.59 Å². The lowest BCUT2D eigenvalue weighted by atomic mass is 9.93. The Morgan fingerprint density at radius 1 is 1.38 bits per heavy atom. The van der Waals surface area contributed by atoms with E-state index in [4.69, 9.17) is 4.74 Å². The van der Waals surface area contributed by atoms with Gasteiger partial charge < -0.3 is 25.4 Å². The average molecular weight is 400 g/mol. The molecule has 1 amide bonds. The minimum atomic E-state index is -0.318. The summed E-state index contributed by atoms with van der Waals surface area (Å²) >= 11 is 0. The van der Waals surface area contributed by atoms with Gasteiger partial charge in [-0.1, -0.05) is 0 Å². The van der Waals surface area contributed by atoms with E-state index in [1.54, 1.807) is 24.7 Å². The molecule has 1 aliphatic heterocycles. The number of ether oxygens (including phenoxy) is 1. The fourth-order valence-corrected chi connectivity index (χ4v) is 4.15. The highest BCUT2D eigenvalue weighted by atomic mass is 16.5.